The molecule has 0 aliphatic rings. The molecular weight excluding hydrogens is 374 g/mol. The normalized spacial score (nSPS) is 11.6. The maximum absolute atomic E-state index is 12.3. The van der Waals surface area contributed by atoms with E-state index in [0.29, 0.717) is 36.8 Å². The highest BCUT2D eigenvalue weighted by Crippen LogP contribution is 2.19. The lowest BCUT2D eigenvalue weighted by atomic mass is 10.2. The summed E-state index contributed by atoms with van der Waals surface area (Å²) in [6.45, 7) is 8.12. The van der Waals surface area contributed by atoms with Crippen molar-refractivity contribution in [2.24, 2.45) is 7.05 Å². The van der Waals surface area contributed by atoms with Gasteiger partial charge in [0.25, 0.3) is 5.91 Å². The van der Waals surface area contributed by atoms with Crippen molar-refractivity contribution >= 4 is 17.6 Å². The number of nitrogens with zero attached hydrogens (tertiary/aromatic N) is 2. The summed E-state index contributed by atoms with van der Waals surface area (Å²) < 4.78 is 17.9. The standard InChI is InChI=1S/C21H29N3O5/c1-6-27-17-9-11-18(12-10-17)28-13-7-8-19(25)29-16(4)21(26)22-20-14(2)23-24(5)15(20)3/h9-12,16H,6-8,13H2,1-5H3,(H,22,26)/t16-/m0/s1. The van der Waals surface area contributed by atoms with E-state index in [1.165, 1.54) is 0 Å². The first-order valence-corrected chi connectivity index (χ1v) is 9.68. The van der Waals surface area contributed by atoms with Gasteiger partial charge in [-0.3, -0.25) is 14.3 Å². The van der Waals surface area contributed by atoms with E-state index < -0.39 is 12.1 Å². The molecule has 0 aliphatic carbocycles. The number of ether oxygens (including phenoxy) is 3. The van der Waals surface area contributed by atoms with Crippen molar-refractivity contribution in [3.63, 3.8) is 0 Å². The minimum atomic E-state index is -0.895. The molecule has 1 aromatic heterocycles. The quantitative estimate of drug-likeness (QED) is 0.484. The van der Waals surface area contributed by atoms with E-state index >= 15 is 0 Å². The number of nitrogens with one attached hydrogen (secondary N) is 1. The van der Waals surface area contributed by atoms with Crippen LogP contribution in [-0.4, -0.2) is 41.0 Å². The molecule has 8 heteroatoms. The van der Waals surface area contributed by atoms with Gasteiger partial charge in [0, 0.05) is 13.5 Å². The molecule has 1 amide bonds. The number of anilines is 1. The number of amides is 1. The molecule has 0 saturated carbocycles. The highest BCUT2D eigenvalue weighted by molar-refractivity contribution is 5.96. The smallest absolute Gasteiger partial charge is 0.306 e. The second-order valence-corrected chi connectivity index (χ2v) is 6.65. The first kappa shape index (κ1) is 22.3. The lowest BCUT2D eigenvalue weighted by Crippen LogP contribution is -2.30. The van der Waals surface area contributed by atoms with Gasteiger partial charge in [-0.2, -0.15) is 5.10 Å². The summed E-state index contributed by atoms with van der Waals surface area (Å²) in [6.07, 6.45) is -0.241. The van der Waals surface area contributed by atoms with Crippen LogP contribution in [-0.2, 0) is 21.4 Å². The molecule has 0 fully saturated rings. The molecule has 1 N–H and O–H groups in total. The van der Waals surface area contributed by atoms with Crippen LogP contribution in [0.5, 0.6) is 11.5 Å². The number of carbonyl (C=O) groups excluding carboxylic acids is 2. The van der Waals surface area contributed by atoms with Crippen molar-refractivity contribution in [2.45, 2.75) is 46.6 Å². The first-order chi connectivity index (χ1) is 13.8. The van der Waals surface area contributed by atoms with Crippen LogP contribution >= 0.6 is 0 Å². The van der Waals surface area contributed by atoms with Gasteiger partial charge in [0.05, 0.1) is 30.3 Å². The number of hydrogen-bond acceptors (Lipinski definition) is 6. The number of esters is 1. The summed E-state index contributed by atoms with van der Waals surface area (Å²) in [5.41, 5.74) is 2.19. The Bertz CT molecular complexity index is 830. The molecule has 0 unspecified atom stereocenters. The van der Waals surface area contributed by atoms with Crippen molar-refractivity contribution in [3.05, 3.63) is 35.7 Å². The van der Waals surface area contributed by atoms with Crippen LogP contribution in [0.25, 0.3) is 0 Å². The van der Waals surface area contributed by atoms with Gasteiger partial charge in [0.15, 0.2) is 6.10 Å². The lowest BCUT2D eigenvalue weighted by Gasteiger charge is -2.14. The topological polar surface area (TPSA) is 91.7 Å². The molecule has 0 bridgehead atoms. The summed E-state index contributed by atoms with van der Waals surface area (Å²) in [4.78, 5) is 24.3. The molecule has 158 valence electrons. The summed E-state index contributed by atoms with van der Waals surface area (Å²) in [6, 6.07) is 7.30. The Hall–Kier alpha value is -3.03. The van der Waals surface area contributed by atoms with Gasteiger partial charge in [-0.15, -0.1) is 0 Å². The van der Waals surface area contributed by atoms with Gasteiger partial charge in [0.2, 0.25) is 0 Å². The lowest BCUT2D eigenvalue weighted by molar-refractivity contribution is -0.153. The highest BCUT2D eigenvalue weighted by atomic mass is 16.5. The van der Waals surface area contributed by atoms with E-state index in [0.717, 1.165) is 11.4 Å². The molecule has 1 heterocycles. The fourth-order valence-electron chi connectivity index (χ4n) is 2.69. The fourth-order valence-corrected chi connectivity index (χ4v) is 2.69. The molecule has 0 saturated heterocycles. The monoisotopic (exact) mass is 403 g/mol. The number of rotatable bonds is 10. The predicted octanol–water partition coefficient (Wildman–Crippen LogP) is 3.17. The molecule has 0 radical (unpaired) electrons. The van der Waals surface area contributed by atoms with Crippen molar-refractivity contribution in [2.75, 3.05) is 18.5 Å². The van der Waals surface area contributed by atoms with E-state index in [1.807, 2.05) is 45.0 Å². The Morgan fingerprint density at radius 1 is 1.14 bits per heavy atom. The van der Waals surface area contributed by atoms with Gasteiger partial charge < -0.3 is 19.5 Å². The van der Waals surface area contributed by atoms with E-state index in [1.54, 1.807) is 18.7 Å². The molecule has 1 aromatic carbocycles. The average molecular weight is 403 g/mol. The Morgan fingerprint density at radius 3 is 2.31 bits per heavy atom. The van der Waals surface area contributed by atoms with Gasteiger partial charge in [-0.25, -0.2) is 0 Å². The molecule has 2 aromatic rings. The minimum Gasteiger partial charge on any atom is -0.494 e. The number of hydrogen-bond donors (Lipinski definition) is 1. The van der Waals surface area contributed by atoms with Crippen molar-refractivity contribution < 1.29 is 23.8 Å². The third kappa shape index (κ3) is 6.51. The number of aromatic nitrogens is 2. The molecule has 1 atom stereocenters. The van der Waals surface area contributed by atoms with Crippen molar-refractivity contribution in [3.8, 4) is 11.5 Å². The minimum absolute atomic E-state index is 0.166. The zero-order valence-corrected chi connectivity index (χ0v) is 17.7. The van der Waals surface area contributed by atoms with Crippen LogP contribution in [0.2, 0.25) is 0 Å². The number of aryl methyl sites for hydroxylation is 2. The van der Waals surface area contributed by atoms with E-state index in [9.17, 15) is 9.59 Å². The highest BCUT2D eigenvalue weighted by Gasteiger charge is 2.20. The van der Waals surface area contributed by atoms with E-state index in [4.69, 9.17) is 14.2 Å². The van der Waals surface area contributed by atoms with Gasteiger partial charge in [-0.05, 0) is 58.4 Å². The molecule has 8 nitrogen and oxygen atoms in total. The average Bonchev–Trinajstić information content (AvgIpc) is 2.92. The summed E-state index contributed by atoms with van der Waals surface area (Å²) in [7, 11) is 1.80. The Morgan fingerprint density at radius 2 is 1.76 bits per heavy atom. The van der Waals surface area contributed by atoms with Crippen LogP contribution in [0.1, 0.15) is 38.1 Å². The first-order valence-electron chi connectivity index (χ1n) is 9.68. The van der Waals surface area contributed by atoms with Crippen LogP contribution in [0.15, 0.2) is 24.3 Å². The number of benzene rings is 1. The molecular formula is C21H29N3O5. The van der Waals surface area contributed by atoms with Crippen LogP contribution in [0.4, 0.5) is 5.69 Å². The largest absolute Gasteiger partial charge is 0.494 e. The second-order valence-electron chi connectivity index (χ2n) is 6.65. The SMILES string of the molecule is CCOc1ccc(OCCCC(=O)O[C@@H](C)C(=O)Nc2c(C)nn(C)c2C)cc1. The molecule has 0 aliphatic heterocycles. The second kappa shape index (κ2) is 10.5. The Balaban J connectivity index is 1.70. The van der Waals surface area contributed by atoms with Crippen LogP contribution < -0.4 is 14.8 Å². The fraction of sp³-hybridized carbons (Fsp3) is 0.476. The number of carbonyl (C=O) groups is 2. The summed E-state index contributed by atoms with van der Waals surface area (Å²) in [5, 5.41) is 7.02. The van der Waals surface area contributed by atoms with Crippen molar-refractivity contribution in [1.29, 1.82) is 0 Å². The molecule has 29 heavy (non-hydrogen) atoms. The van der Waals surface area contributed by atoms with E-state index in [-0.39, 0.29) is 12.3 Å². The maximum atomic E-state index is 12.3. The Labute approximate surface area is 171 Å². The van der Waals surface area contributed by atoms with Gasteiger partial charge in [-0.1, -0.05) is 0 Å². The zero-order valence-electron chi connectivity index (χ0n) is 17.7. The van der Waals surface area contributed by atoms with Gasteiger partial charge in [0.1, 0.15) is 11.5 Å². The van der Waals surface area contributed by atoms with E-state index in [2.05, 4.69) is 10.4 Å². The third-order valence-corrected chi connectivity index (χ3v) is 4.36. The summed E-state index contributed by atoms with van der Waals surface area (Å²) >= 11 is 0. The summed E-state index contributed by atoms with van der Waals surface area (Å²) in [5.74, 6) is 0.662. The maximum Gasteiger partial charge on any atom is 0.306 e. The van der Waals surface area contributed by atoms with Crippen LogP contribution in [0.3, 0.4) is 0 Å². The molecule has 0 spiro atoms. The third-order valence-electron chi connectivity index (χ3n) is 4.36. The predicted molar refractivity (Wildman–Crippen MR) is 109 cm³/mol. The molecule has 2 rings (SSSR count). The zero-order chi connectivity index (χ0) is 21.4. The van der Waals surface area contributed by atoms with Crippen LogP contribution in [0, 0.1) is 13.8 Å². The van der Waals surface area contributed by atoms with Crippen molar-refractivity contribution in [1.82, 2.24) is 9.78 Å². The van der Waals surface area contributed by atoms with Gasteiger partial charge >= 0.3 is 5.97 Å². The Kier molecular flexibility index (Phi) is 8.06.